The summed E-state index contributed by atoms with van der Waals surface area (Å²) >= 11 is 1.43. The molecule has 0 aliphatic carbocycles. The Hall–Kier alpha value is -2.57. The molecule has 0 aliphatic heterocycles. The number of aromatic nitrogens is 3. The molecule has 0 fully saturated rings. The molecule has 4 aromatic rings. The zero-order valence-electron chi connectivity index (χ0n) is 16.4. The van der Waals surface area contributed by atoms with Crippen LogP contribution in [-0.4, -0.2) is 21.6 Å². The van der Waals surface area contributed by atoms with Gasteiger partial charge < -0.3 is 4.74 Å². The highest BCUT2D eigenvalue weighted by Crippen LogP contribution is 2.34. The maximum atomic E-state index is 13.4. The van der Waals surface area contributed by atoms with Crippen LogP contribution < -0.4 is 5.56 Å². The molecule has 0 saturated carbocycles. The summed E-state index contributed by atoms with van der Waals surface area (Å²) in [5.74, 6) is 0.718. The Bertz CT molecular complexity index is 1200. The minimum Gasteiger partial charge on any atom is -0.380 e. The van der Waals surface area contributed by atoms with E-state index in [4.69, 9.17) is 9.72 Å². The number of hydrogen-bond donors (Lipinski definition) is 0. The van der Waals surface area contributed by atoms with Gasteiger partial charge in [0.25, 0.3) is 5.56 Å². The summed E-state index contributed by atoms with van der Waals surface area (Å²) in [4.78, 5) is 23.9. The van der Waals surface area contributed by atoms with Gasteiger partial charge in [0.1, 0.15) is 15.4 Å². The third kappa shape index (κ3) is 3.23. The molecule has 144 valence electrons. The predicted molar refractivity (Wildman–Crippen MR) is 115 cm³/mol. The van der Waals surface area contributed by atoms with E-state index in [0.29, 0.717) is 17.9 Å². The fourth-order valence-electron chi connectivity index (χ4n) is 3.53. The number of hydrogen-bond acceptors (Lipinski definition) is 5. The van der Waals surface area contributed by atoms with Gasteiger partial charge in [0.15, 0.2) is 0 Å². The van der Waals surface area contributed by atoms with Crippen LogP contribution in [-0.2, 0) is 17.9 Å². The van der Waals surface area contributed by atoms with Crippen LogP contribution in [0.4, 0.5) is 0 Å². The van der Waals surface area contributed by atoms with Gasteiger partial charge in [0, 0.05) is 30.3 Å². The second-order valence-electron chi connectivity index (χ2n) is 6.93. The number of nitrogens with zero attached hydrogens (tertiary/aromatic N) is 3. The minimum atomic E-state index is 0.0151. The van der Waals surface area contributed by atoms with Crippen molar-refractivity contribution in [3.05, 3.63) is 58.0 Å². The highest BCUT2D eigenvalue weighted by atomic mass is 32.1. The van der Waals surface area contributed by atoms with E-state index in [9.17, 15) is 4.79 Å². The molecule has 0 atom stereocenters. The quantitative estimate of drug-likeness (QED) is 0.466. The van der Waals surface area contributed by atoms with E-state index in [1.165, 1.54) is 11.3 Å². The van der Waals surface area contributed by atoms with E-state index in [0.717, 1.165) is 51.2 Å². The molecular formula is C22H23N3O2S. The molecule has 3 aromatic heterocycles. The standard InChI is InChI=1S/C22H23N3O2S/c1-4-5-11-25-20(15-9-7-6-8-10-15)24-18-17-16(13-27-3)12-14(2)23-21(17)28-19(18)22(25)26/h6-10,12H,4-5,11,13H2,1-3H3. The van der Waals surface area contributed by atoms with Crippen LogP contribution in [0.25, 0.3) is 31.8 Å². The Kier molecular flexibility index (Phi) is 5.24. The van der Waals surface area contributed by atoms with Crippen LogP contribution >= 0.6 is 11.3 Å². The van der Waals surface area contributed by atoms with Gasteiger partial charge in [0.2, 0.25) is 0 Å². The first-order valence-electron chi connectivity index (χ1n) is 9.52. The van der Waals surface area contributed by atoms with Crippen molar-refractivity contribution in [1.29, 1.82) is 0 Å². The Balaban J connectivity index is 2.09. The van der Waals surface area contributed by atoms with Gasteiger partial charge in [-0.15, -0.1) is 11.3 Å². The molecule has 1 aromatic carbocycles. The third-order valence-electron chi connectivity index (χ3n) is 4.83. The zero-order chi connectivity index (χ0) is 19.7. The highest BCUT2D eigenvalue weighted by Gasteiger charge is 2.19. The van der Waals surface area contributed by atoms with E-state index >= 15 is 0 Å². The van der Waals surface area contributed by atoms with E-state index in [2.05, 4.69) is 11.9 Å². The Morgan fingerprint density at radius 3 is 2.68 bits per heavy atom. The average molecular weight is 394 g/mol. The molecule has 0 saturated heterocycles. The van der Waals surface area contributed by atoms with Gasteiger partial charge in [0.05, 0.1) is 12.1 Å². The SMILES string of the molecule is CCCCn1c(-c2ccccc2)nc2c(sc3nc(C)cc(COC)c32)c1=O. The van der Waals surface area contributed by atoms with E-state index in [-0.39, 0.29) is 5.56 Å². The van der Waals surface area contributed by atoms with E-state index in [1.54, 1.807) is 7.11 Å². The molecule has 0 radical (unpaired) electrons. The average Bonchev–Trinajstić information content (AvgIpc) is 3.06. The summed E-state index contributed by atoms with van der Waals surface area (Å²) < 4.78 is 7.88. The predicted octanol–water partition coefficient (Wildman–Crippen LogP) is 4.93. The molecule has 0 unspecified atom stereocenters. The van der Waals surface area contributed by atoms with Gasteiger partial charge in [-0.25, -0.2) is 9.97 Å². The smallest absolute Gasteiger partial charge is 0.271 e. The number of methoxy groups -OCH3 is 1. The third-order valence-corrected chi connectivity index (χ3v) is 5.89. The first-order valence-corrected chi connectivity index (χ1v) is 10.3. The molecule has 5 nitrogen and oxygen atoms in total. The van der Waals surface area contributed by atoms with Crippen molar-refractivity contribution < 1.29 is 4.74 Å². The number of thiophene rings is 1. The number of unbranched alkanes of at least 4 members (excludes halogenated alkanes) is 1. The lowest BCUT2D eigenvalue weighted by atomic mass is 10.1. The fourth-order valence-corrected chi connectivity index (χ4v) is 4.69. The van der Waals surface area contributed by atoms with Crippen molar-refractivity contribution >= 4 is 31.8 Å². The summed E-state index contributed by atoms with van der Waals surface area (Å²) in [5.41, 5.74) is 3.64. The maximum absolute atomic E-state index is 13.4. The summed E-state index contributed by atoms with van der Waals surface area (Å²) in [6.07, 6.45) is 1.95. The van der Waals surface area contributed by atoms with Crippen molar-refractivity contribution in [2.45, 2.75) is 39.8 Å². The molecule has 6 heteroatoms. The van der Waals surface area contributed by atoms with E-state index in [1.807, 2.05) is 47.9 Å². The lowest BCUT2D eigenvalue weighted by Gasteiger charge is -2.12. The molecule has 0 spiro atoms. The molecule has 0 amide bonds. The van der Waals surface area contributed by atoms with Crippen LogP contribution in [0, 0.1) is 6.92 Å². The zero-order valence-corrected chi connectivity index (χ0v) is 17.2. The molecule has 3 heterocycles. The van der Waals surface area contributed by atoms with Gasteiger partial charge >= 0.3 is 0 Å². The van der Waals surface area contributed by atoms with Gasteiger partial charge in [-0.2, -0.15) is 0 Å². The lowest BCUT2D eigenvalue weighted by Crippen LogP contribution is -2.22. The number of benzene rings is 1. The highest BCUT2D eigenvalue weighted by molar-refractivity contribution is 7.25. The first-order chi connectivity index (χ1) is 13.6. The second kappa shape index (κ2) is 7.81. The van der Waals surface area contributed by atoms with Gasteiger partial charge in [-0.05, 0) is 25.0 Å². The Morgan fingerprint density at radius 1 is 1.18 bits per heavy atom. The first kappa shape index (κ1) is 18.8. The van der Waals surface area contributed by atoms with Crippen LogP contribution in [0.3, 0.4) is 0 Å². The summed E-state index contributed by atoms with van der Waals surface area (Å²) in [7, 11) is 1.68. The van der Waals surface area contributed by atoms with Gasteiger partial charge in [-0.1, -0.05) is 43.7 Å². The minimum absolute atomic E-state index is 0.0151. The summed E-state index contributed by atoms with van der Waals surface area (Å²) in [6, 6.07) is 11.9. The maximum Gasteiger partial charge on any atom is 0.271 e. The Labute approximate surface area is 167 Å². The molecule has 28 heavy (non-hydrogen) atoms. The van der Waals surface area contributed by atoms with Gasteiger partial charge in [-0.3, -0.25) is 9.36 Å². The molecule has 0 aliphatic rings. The topological polar surface area (TPSA) is 57.0 Å². The number of pyridine rings is 1. The number of rotatable bonds is 6. The molecular weight excluding hydrogens is 370 g/mol. The van der Waals surface area contributed by atoms with Crippen LogP contribution in [0.5, 0.6) is 0 Å². The fraction of sp³-hybridized carbons (Fsp3) is 0.318. The summed E-state index contributed by atoms with van der Waals surface area (Å²) in [5, 5.41) is 0.935. The second-order valence-corrected chi connectivity index (χ2v) is 7.93. The number of aryl methyl sites for hydroxylation is 1. The largest absolute Gasteiger partial charge is 0.380 e. The molecule has 0 N–H and O–H groups in total. The summed E-state index contributed by atoms with van der Waals surface area (Å²) in [6.45, 7) is 5.22. The monoisotopic (exact) mass is 393 g/mol. The van der Waals surface area contributed by atoms with Crippen LogP contribution in [0.2, 0.25) is 0 Å². The van der Waals surface area contributed by atoms with Crippen molar-refractivity contribution in [2.75, 3.05) is 7.11 Å². The van der Waals surface area contributed by atoms with Crippen LogP contribution in [0.1, 0.15) is 31.0 Å². The van der Waals surface area contributed by atoms with Crippen molar-refractivity contribution in [3.8, 4) is 11.4 Å². The molecule has 0 bridgehead atoms. The molecule has 4 rings (SSSR count). The van der Waals surface area contributed by atoms with E-state index < -0.39 is 0 Å². The number of fused-ring (bicyclic) bond motifs is 3. The Morgan fingerprint density at radius 2 is 1.96 bits per heavy atom. The number of ether oxygens (including phenoxy) is 1. The van der Waals surface area contributed by atoms with Crippen molar-refractivity contribution in [1.82, 2.24) is 14.5 Å². The normalized spacial score (nSPS) is 11.5. The van der Waals surface area contributed by atoms with Crippen molar-refractivity contribution in [3.63, 3.8) is 0 Å². The lowest BCUT2D eigenvalue weighted by molar-refractivity contribution is 0.186. The van der Waals surface area contributed by atoms with Crippen molar-refractivity contribution in [2.24, 2.45) is 0 Å². The van der Waals surface area contributed by atoms with Crippen LogP contribution in [0.15, 0.2) is 41.2 Å².